The van der Waals surface area contributed by atoms with Crippen molar-refractivity contribution < 1.29 is 18.0 Å². The Hall–Kier alpha value is -1.52. The molecule has 1 saturated heterocycles. The van der Waals surface area contributed by atoms with Crippen molar-refractivity contribution >= 4 is 5.91 Å². The van der Waals surface area contributed by atoms with E-state index in [4.69, 9.17) is 0 Å². The third-order valence-corrected chi connectivity index (χ3v) is 4.09. The summed E-state index contributed by atoms with van der Waals surface area (Å²) in [5.74, 6) is -4.01. The van der Waals surface area contributed by atoms with Gasteiger partial charge in [-0.3, -0.25) is 4.79 Å². The van der Waals surface area contributed by atoms with Gasteiger partial charge in [0.2, 0.25) is 0 Å². The summed E-state index contributed by atoms with van der Waals surface area (Å²) in [7, 11) is 0. The zero-order valence-electron chi connectivity index (χ0n) is 11.8. The van der Waals surface area contributed by atoms with Crippen molar-refractivity contribution in [3.05, 3.63) is 35.1 Å². The van der Waals surface area contributed by atoms with Crippen molar-refractivity contribution in [2.24, 2.45) is 11.8 Å². The van der Waals surface area contributed by atoms with Crippen LogP contribution in [0.15, 0.2) is 12.1 Å². The van der Waals surface area contributed by atoms with Crippen LogP contribution >= 0.6 is 0 Å². The zero-order valence-corrected chi connectivity index (χ0v) is 11.8. The van der Waals surface area contributed by atoms with Gasteiger partial charge in [-0.25, -0.2) is 13.2 Å². The van der Waals surface area contributed by atoms with Gasteiger partial charge in [0.05, 0.1) is 0 Å². The monoisotopic (exact) mass is 285 g/mol. The van der Waals surface area contributed by atoms with Gasteiger partial charge < -0.3 is 4.90 Å². The predicted octanol–water partition coefficient (Wildman–Crippen LogP) is 3.61. The van der Waals surface area contributed by atoms with E-state index < -0.39 is 23.4 Å². The van der Waals surface area contributed by atoms with Gasteiger partial charge >= 0.3 is 0 Å². The number of nitrogens with zero attached hydrogens (tertiary/aromatic N) is 1. The van der Waals surface area contributed by atoms with E-state index in [-0.39, 0.29) is 11.6 Å². The summed E-state index contributed by atoms with van der Waals surface area (Å²) in [6.45, 7) is 6.55. The maximum absolute atomic E-state index is 13.2. The molecule has 0 aromatic heterocycles. The molecule has 0 N–H and O–H groups in total. The number of benzene rings is 1. The van der Waals surface area contributed by atoms with E-state index in [1.165, 1.54) is 0 Å². The van der Waals surface area contributed by atoms with E-state index in [1.807, 2.05) is 20.8 Å². The van der Waals surface area contributed by atoms with E-state index in [0.717, 1.165) is 18.6 Å². The van der Waals surface area contributed by atoms with E-state index >= 15 is 0 Å². The summed E-state index contributed by atoms with van der Waals surface area (Å²) in [5.41, 5.74) is -0.144. The fraction of sp³-hybridized carbons (Fsp3) is 0.533. The van der Waals surface area contributed by atoms with Crippen LogP contribution in [0.25, 0.3) is 0 Å². The predicted molar refractivity (Wildman–Crippen MR) is 69.8 cm³/mol. The lowest BCUT2D eigenvalue weighted by Gasteiger charge is -2.41. The second-order valence-corrected chi connectivity index (χ2v) is 5.77. The van der Waals surface area contributed by atoms with Gasteiger partial charge in [0.15, 0.2) is 17.5 Å². The average molecular weight is 285 g/mol. The molecular formula is C15H18F3NO. The highest BCUT2D eigenvalue weighted by molar-refractivity contribution is 5.94. The lowest BCUT2D eigenvalue weighted by atomic mass is 9.85. The fourth-order valence-electron chi connectivity index (χ4n) is 2.83. The second kappa shape index (κ2) is 5.46. The molecule has 0 bridgehead atoms. The number of piperidine rings is 1. The van der Waals surface area contributed by atoms with Gasteiger partial charge in [-0.05, 0) is 37.3 Å². The maximum Gasteiger partial charge on any atom is 0.254 e. The molecule has 0 radical (unpaired) electrons. The number of amides is 1. The third-order valence-electron chi connectivity index (χ3n) is 4.09. The number of halogens is 3. The molecule has 110 valence electrons. The van der Waals surface area contributed by atoms with Crippen molar-refractivity contribution in [3.63, 3.8) is 0 Å². The minimum absolute atomic E-state index is 0.00474. The zero-order chi connectivity index (χ0) is 15.0. The van der Waals surface area contributed by atoms with Crippen molar-refractivity contribution in [2.45, 2.75) is 33.2 Å². The topological polar surface area (TPSA) is 20.3 Å². The Morgan fingerprint density at radius 2 is 1.70 bits per heavy atom. The van der Waals surface area contributed by atoms with Gasteiger partial charge in [-0.15, -0.1) is 0 Å². The molecule has 3 atom stereocenters. The number of hydrogen-bond donors (Lipinski definition) is 0. The van der Waals surface area contributed by atoms with Crippen LogP contribution in [-0.4, -0.2) is 23.4 Å². The van der Waals surface area contributed by atoms with Crippen molar-refractivity contribution in [1.29, 1.82) is 0 Å². The highest BCUT2D eigenvalue weighted by Gasteiger charge is 2.32. The molecule has 1 aromatic carbocycles. The van der Waals surface area contributed by atoms with Crippen molar-refractivity contribution in [2.75, 3.05) is 6.54 Å². The molecule has 1 amide bonds. The van der Waals surface area contributed by atoms with Crippen LogP contribution < -0.4 is 0 Å². The van der Waals surface area contributed by atoms with Crippen LogP contribution in [0.5, 0.6) is 0 Å². The first-order valence-corrected chi connectivity index (χ1v) is 6.76. The normalized spacial score (nSPS) is 26.7. The number of carbonyl (C=O) groups excluding carboxylic acids is 1. The molecule has 1 aliphatic heterocycles. The lowest BCUT2D eigenvalue weighted by molar-refractivity contribution is 0.0454. The Bertz CT molecular complexity index is 509. The smallest absolute Gasteiger partial charge is 0.254 e. The molecule has 1 aromatic rings. The van der Waals surface area contributed by atoms with Crippen LogP contribution in [0.3, 0.4) is 0 Å². The van der Waals surface area contributed by atoms with Crippen LogP contribution in [0.4, 0.5) is 13.2 Å². The number of hydrogen-bond acceptors (Lipinski definition) is 1. The SMILES string of the molecule is CC1CC(C)C(C)N(C(=O)c2cc(F)c(F)c(F)c2)C1. The molecule has 20 heavy (non-hydrogen) atoms. The van der Waals surface area contributed by atoms with Gasteiger partial charge in [0, 0.05) is 18.2 Å². The highest BCUT2D eigenvalue weighted by Crippen LogP contribution is 2.28. The first kappa shape index (κ1) is 14.9. The van der Waals surface area contributed by atoms with Crippen molar-refractivity contribution in [3.8, 4) is 0 Å². The third kappa shape index (κ3) is 2.67. The molecule has 2 nitrogen and oxygen atoms in total. The second-order valence-electron chi connectivity index (χ2n) is 5.77. The van der Waals surface area contributed by atoms with E-state index in [2.05, 4.69) is 0 Å². The summed E-state index contributed by atoms with van der Waals surface area (Å²) in [5, 5.41) is 0. The molecule has 1 fully saturated rings. The summed E-state index contributed by atoms with van der Waals surface area (Å²) >= 11 is 0. The van der Waals surface area contributed by atoms with E-state index in [0.29, 0.717) is 18.4 Å². The Labute approximate surface area is 116 Å². The highest BCUT2D eigenvalue weighted by atomic mass is 19.2. The van der Waals surface area contributed by atoms with Gasteiger partial charge in [-0.2, -0.15) is 0 Å². The number of likely N-dealkylation sites (tertiary alicyclic amines) is 1. The minimum Gasteiger partial charge on any atom is -0.335 e. The molecule has 3 unspecified atom stereocenters. The Kier molecular flexibility index (Phi) is 4.06. The number of rotatable bonds is 1. The molecule has 1 heterocycles. The van der Waals surface area contributed by atoms with Gasteiger partial charge in [0.25, 0.3) is 5.91 Å². The lowest BCUT2D eigenvalue weighted by Crippen LogP contribution is -2.48. The molecule has 5 heteroatoms. The van der Waals surface area contributed by atoms with E-state index in [1.54, 1.807) is 4.90 Å². The minimum atomic E-state index is -1.55. The number of carbonyl (C=O) groups is 1. The van der Waals surface area contributed by atoms with Crippen molar-refractivity contribution in [1.82, 2.24) is 4.90 Å². The van der Waals surface area contributed by atoms with Gasteiger partial charge in [-0.1, -0.05) is 13.8 Å². The summed E-state index contributed by atoms with van der Waals surface area (Å²) < 4.78 is 39.4. The van der Waals surface area contributed by atoms with E-state index in [9.17, 15) is 18.0 Å². The molecule has 2 rings (SSSR count). The average Bonchev–Trinajstić information content (AvgIpc) is 2.38. The van der Waals surface area contributed by atoms with Crippen LogP contribution in [0.2, 0.25) is 0 Å². The molecule has 1 aliphatic rings. The van der Waals surface area contributed by atoms with Crippen LogP contribution in [0, 0.1) is 29.3 Å². The molecule has 0 aliphatic carbocycles. The first-order valence-electron chi connectivity index (χ1n) is 6.76. The Morgan fingerprint density at radius 3 is 2.25 bits per heavy atom. The van der Waals surface area contributed by atoms with Gasteiger partial charge in [0.1, 0.15) is 0 Å². The quantitative estimate of drug-likeness (QED) is 0.722. The standard InChI is InChI=1S/C15H18F3NO/c1-8-4-9(2)10(3)19(7-8)15(20)11-5-12(16)14(18)13(17)6-11/h5-6,8-10H,4,7H2,1-3H3. The Balaban J connectivity index is 2.31. The first-order chi connectivity index (χ1) is 9.31. The summed E-state index contributed by atoms with van der Waals surface area (Å²) in [6, 6.07) is 1.52. The molecule has 0 spiro atoms. The maximum atomic E-state index is 13.2. The van der Waals surface area contributed by atoms with Crippen LogP contribution in [0.1, 0.15) is 37.6 Å². The summed E-state index contributed by atoms with van der Waals surface area (Å²) in [6.07, 6.45) is 1.01. The largest absolute Gasteiger partial charge is 0.335 e. The summed E-state index contributed by atoms with van der Waals surface area (Å²) in [4.78, 5) is 14.0. The molecule has 0 saturated carbocycles. The molecular weight excluding hydrogens is 267 g/mol. The fourth-order valence-corrected chi connectivity index (χ4v) is 2.83. The Morgan fingerprint density at radius 1 is 1.15 bits per heavy atom. The van der Waals surface area contributed by atoms with Crippen LogP contribution in [-0.2, 0) is 0 Å².